The molecule has 0 saturated carbocycles. The molecule has 0 aromatic heterocycles. The third-order valence-electron chi connectivity index (χ3n) is 1.78. The second-order valence-electron chi connectivity index (χ2n) is 3.99. The van der Waals surface area contributed by atoms with Crippen LogP contribution < -0.4 is 0 Å². The van der Waals surface area contributed by atoms with E-state index in [0.717, 1.165) is 5.41 Å². The summed E-state index contributed by atoms with van der Waals surface area (Å²) in [5.41, 5.74) is -1.12. The first-order valence-corrected chi connectivity index (χ1v) is 6.58. The largest absolute Gasteiger partial charge is 0.378 e. The number of hydrogen-bond acceptors (Lipinski definition) is 3. The van der Waals surface area contributed by atoms with Crippen LogP contribution in [-0.4, -0.2) is 19.1 Å². The maximum atomic E-state index is 11.7. The summed E-state index contributed by atoms with van der Waals surface area (Å²) in [7, 11) is -3.44. The molecule has 0 aliphatic heterocycles. The number of allylic oxidation sites excluding steroid dienone is 1. The van der Waals surface area contributed by atoms with E-state index >= 15 is 0 Å². The van der Waals surface area contributed by atoms with Gasteiger partial charge in [-0.05, 0) is 32.1 Å². The van der Waals surface area contributed by atoms with Gasteiger partial charge in [-0.25, -0.2) is 8.42 Å². The molecule has 0 heterocycles. The van der Waals surface area contributed by atoms with Crippen molar-refractivity contribution in [3.8, 4) is 11.8 Å². The van der Waals surface area contributed by atoms with E-state index in [1.54, 1.807) is 18.2 Å². The summed E-state index contributed by atoms with van der Waals surface area (Å²) in [5, 5.41) is 10.3. The van der Waals surface area contributed by atoms with Gasteiger partial charge in [0.15, 0.2) is 9.84 Å². The molecule has 1 rings (SSSR count). The quantitative estimate of drug-likeness (QED) is 0.814. The molecule has 3 nitrogen and oxygen atoms in total. The van der Waals surface area contributed by atoms with Crippen molar-refractivity contribution in [2.45, 2.75) is 24.3 Å². The van der Waals surface area contributed by atoms with E-state index in [1.165, 1.54) is 32.1 Å². The molecule has 0 unspecified atom stereocenters. The van der Waals surface area contributed by atoms with Crippen LogP contribution in [0.15, 0.2) is 46.7 Å². The van der Waals surface area contributed by atoms with Gasteiger partial charge in [0, 0.05) is 5.41 Å². The van der Waals surface area contributed by atoms with Crippen LogP contribution in [0.4, 0.5) is 0 Å². The monoisotopic (exact) mass is 250 g/mol. The fourth-order valence-corrected chi connectivity index (χ4v) is 1.97. The molecule has 1 N–H and O–H groups in total. The lowest BCUT2D eigenvalue weighted by molar-refractivity contribution is 0.143. The Balaban J connectivity index is 2.88. The summed E-state index contributed by atoms with van der Waals surface area (Å²) < 4.78 is 23.5. The topological polar surface area (TPSA) is 54.4 Å². The van der Waals surface area contributed by atoms with Crippen LogP contribution in [0.25, 0.3) is 0 Å². The second kappa shape index (κ2) is 5.17. The lowest BCUT2D eigenvalue weighted by atomic mass is 10.1. The normalized spacial score (nSPS) is 12.2. The maximum Gasteiger partial charge on any atom is 0.200 e. The van der Waals surface area contributed by atoms with Crippen molar-refractivity contribution in [1.82, 2.24) is 0 Å². The smallest absolute Gasteiger partial charge is 0.200 e. The maximum absolute atomic E-state index is 11.7. The van der Waals surface area contributed by atoms with E-state index in [0.29, 0.717) is 0 Å². The fraction of sp³-hybridized carbons (Fsp3) is 0.231. The van der Waals surface area contributed by atoms with Crippen LogP contribution in [0.5, 0.6) is 0 Å². The lowest BCUT2D eigenvalue weighted by Gasteiger charge is -2.05. The van der Waals surface area contributed by atoms with Crippen LogP contribution in [0.3, 0.4) is 0 Å². The van der Waals surface area contributed by atoms with Crippen molar-refractivity contribution in [2.75, 3.05) is 0 Å². The van der Waals surface area contributed by atoms with E-state index in [9.17, 15) is 13.5 Å². The molecule has 0 radical (unpaired) electrons. The number of sulfone groups is 1. The Morgan fingerprint density at radius 1 is 1.24 bits per heavy atom. The third-order valence-corrected chi connectivity index (χ3v) is 3.20. The zero-order valence-electron chi connectivity index (χ0n) is 9.71. The van der Waals surface area contributed by atoms with E-state index < -0.39 is 15.4 Å². The van der Waals surface area contributed by atoms with Gasteiger partial charge in [0.05, 0.1) is 4.90 Å². The van der Waals surface area contributed by atoms with Crippen LogP contribution in [-0.2, 0) is 9.84 Å². The number of rotatable bonds is 2. The Labute approximate surface area is 102 Å². The summed E-state index contributed by atoms with van der Waals surface area (Å²) in [4.78, 5) is 0.223. The van der Waals surface area contributed by atoms with Crippen LogP contribution in [0, 0.1) is 11.8 Å². The average Bonchev–Trinajstić information content (AvgIpc) is 2.25. The van der Waals surface area contributed by atoms with Crippen molar-refractivity contribution >= 4 is 9.84 Å². The second-order valence-corrected chi connectivity index (χ2v) is 5.82. The molecule has 1 aromatic rings. The molecular formula is C13H14O3S. The Hall–Kier alpha value is -1.57. The van der Waals surface area contributed by atoms with Gasteiger partial charge in [-0.3, -0.25) is 0 Å². The highest BCUT2D eigenvalue weighted by Crippen LogP contribution is 2.10. The molecule has 4 heteroatoms. The van der Waals surface area contributed by atoms with Gasteiger partial charge in [-0.1, -0.05) is 30.0 Å². The highest BCUT2D eigenvalue weighted by molar-refractivity contribution is 7.94. The first kappa shape index (κ1) is 13.5. The molecular weight excluding hydrogens is 236 g/mol. The average molecular weight is 250 g/mol. The van der Waals surface area contributed by atoms with Crippen molar-refractivity contribution < 1.29 is 13.5 Å². The van der Waals surface area contributed by atoms with Gasteiger partial charge >= 0.3 is 0 Å². The minimum atomic E-state index is -3.44. The molecule has 90 valence electrons. The Bertz CT molecular complexity index is 552. The SMILES string of the molecule is CC(C)(O)C#CC=CS(=O)(=O)c1ccccc1. The third kappa shape index (κ3) is 4.85. The Kier molecular flexibility index (Phi) is 4.11. The van der Waals surface area contributed by atoms with Crippen molar-refractivity contribution in [3.63, 3.8) is 0 Å². The number of benzene rings is 1. The standard InChI is InChI=1S/C13H14O3S/c1-13(2,14)10-6-7-11-17(15,16)12-8-4-3-5-9-12/h3-5,7-9,11,14H,1-2H3. The van der Waals surface area contributed by atoms with E-state index in [4.69, 9.17) is 0 Å². The highest BCUT2D eigenvalue weighted by atomic mass is 32.2. The molecule has 0 amide bonds. The van der Waals surface area contributed by atoms with Crippen LogP contribution in [0.2, 0.25) is 0 Å². The van der Waals surface area contributed by atoms with Gasteiger partial charge in [-0.2, -0.15) is 0 Å². The highest BCUT2D eigenvalue weighted by Gasteiger charge is 2.08. The van der Waals surface area contributed by atoms with Gasteiger partial charge < -0.3 is 5.11 Å². The summed E-state index contributed by atoms with van der Waals surface area (Å²) in [5.74, 6) is 4.99. The van der Waals surface area contributed by atoms with Crippen LogP contribution >= 0.6 is 0 Å². The van der Waals surface area contributed by atoms with Crippen LogP contribution in [0.1, 0.15) is 13.8 Å². The van der Waals surface area contributed by atoms with Gasteiger partial charge in [-0.15, -0.1) is 0 Å². The van der Waals surface area contributed by atoms with E-state index in [-0.39, 0.29) is 4.90 Å². The molecule has 1 aromatic carbocycles. The fourth-order valence-electron chi connectivity index (χ4n) is 1.03. The Morgan fingerprint density at radius 3 is 2.35 bits per heavy atom. The molecule has 0 bridgehead atoms. The molecule has 0 atom stereocenters. The van der Waals surface area contributed by atoms with Gasteiger partial charge in [0.25, 0.3) is 0 Å². The zero-order chi connectivity index (χ0) is 12.9. The molecule has 0 saturated heterocycles. The first-order valence-electron chi connectivity index (χ1n) is 5.03. The van der Waals surface area contributed by atoms with Crippen molar-refractivity contribution in [3.05, 3.63) is 41.8 Å². The molecule has 0 aliphatic carbocycles. The molecule has 0 fully saturated rings. The molecule has 17 heavy (non-hydrogen) atoms. The number of aliphatic hydroxyl groups is 1. The van der Waals surface area contributed by atoms with Crippen molar-refractivity contribution in [1.29, 1.82) is 0 Å². The summed E-state index contributed by atoms with van der Waals surface area (Å²) >= 11 is 0. The zero-order valence-corrected chi connectivity index (χ0v) is 10.5. The van der Waals surface area contributed by atoms with Crippen molar-refractivity contribution in [2.24, 2.45) is 0 Å². The summed E-state index contributed by atoms with van der Waals surface area (Å²) in [6.07, 6.45) is 1.22. The minimum absolute atomic E-state index is 0.223. The Morgan fingerprint density at radius 2 is 1.82 bits per heavy atom. The predicted molar refractivity (Wildman–Crippen MR) is 66.8 cm³/mol. The predicted octanol–water partition coefficient (Wildman–Crippen LogP) is 1.75. The summed E-state index contributed by atoms with van der Waals surface area (Å²) in [6.45, 7) is 3.05. The molecule has 0 aliphatic rings. The lowest BCUT2D eigenvalue weighted by Crippen LogP contribution is -2.14. The first-order chi connectivity index (χ1) is 7.81. The van der Waals surface area contributed by atoms with Gasteiger partial charge in [0.1, 0.15) is 5.60 Å². The molecule has 0 spiro atoms. The van der Waals surface area contributed by atoms with Gasteiger partial charge in [0.2, 0.25) is 0 Å². The summed E-state index contributed by atoms with van der Waals surface area (Å²) in [6, 6.07) is 8.09. The van der Waals surface area contributed by atoms with E-state index in [2.05, 4.69) is 11.8 Å². The number of hydrogen-bond donors (Lipinski definition) is 1. The van der Waals surface area contributed by atoms with E-state index in [1.807, 2.05) is 0 Å². The minimum Gasteiger partial charge on any atom is -0.378 e.